The van der Waals surface area contributed by atoms with Gasteiger partial charge in [0.2, 0.25) is 0 Å². The van der Waals surface area contributed by atoms with Crippen LogP contribution in [0.3, 0.4) is 0 Å². The van der Waals surface area contributed by atoms with Gasteiger partial charge < -0.3 is 10.1 Å². The van der Waals surface area contributed by atoms with E-state index in [1.54, 1.807) is 12.1 Å². The summed E-state index contributed by atoms with van der Waals surface area (Å²) in [6, 6.07) is 24.5. The third-order valence-corrected chi connectivity index (χ3v) is 4.46. The van der Waals surface area contributed by atoms with Crippen LogP contribution in [0.25, 0.3) is 0 Å². The molecule has 3 aromatic rings. The summed E-state index contributed by atoms with van der Waals surface area (Å²) in [6.07, 6.45) is 0. The highest BCUT2D eigenvalue weighted by Crippen LogP contribution is 2.20. The first-order chi connectivity index (χ1) is 12.6. The van der Waals surface area contributed by atoms with E-state index in [1.807, 2.05) is 73.7 Å². The molecule has 27 heavy (non-hydrogen) atoms. The average Bonchev–Trinajstić information content (AvgIpc) is 2.68. The molecule has 0 spiro atoms. The van der Waals surface area contributed by atoms with Crippen molar-refractivity contribution in [2.24, 2.45) is 0 Å². The van der Waals surface area contributed by atoms with Crippen LogP contribution in [0, 0.1) is 0 Å². The minimum Gasteiger partial charge on any atom is -0.489 e. The number of hydrogen-bond donors (Lipinski definition) is 1. The lowest BCUT2D eigenvalue weighted by atomic mass is 10.1. The van der Waals surface area contributed by atoms with Crippen molar-refractivity contribution in [3.05, 3.63) is 101 Å². The van der Waals surface area contributed by atoms with Gasteiger partial charge >= 0.3 is 0 Å². The molecule has 0 saturated heterocycles. The first kappa shape index (κ1) is 20.8. The summed E-state index contributed by atoms with van der Waals surface area (Å²) < 4.78 is 5.79. The summed E-state index contributed by atoms with van der Waals surface area (Å²) >= 11 is 6.14. The number of amides is 1. The molecule has 0 radical (unpaired) electrons. The monoisotopic (exact) mass is 401 g/mol. The molecule has 0 aliphatic rings. The fourth-order valence-corrected chi connectivity index (χ4v) is 2.80. The predicted molar refractivity (Wildman–Crippen MR) is 112 cm³/mol. The van der Waals surface area contributed by atoms with Gasteiger partial charge in [-0.05, 0) is 36.8 Å². The molecule has 5 heteroatoms. The molecule has 1 unspecified atom stereocenters. The Morgan fingerprint density at radius 2 is 1.70 bits per heavy atom. The summed E-state index contributed by atoms with van der Waals surface area (Å²) in [7, 11) is 0. The van der Waals surface area contributed by atoms with Crippen LogP contribution in [0.4, 0.5) is 0 Å². The number of benzene rings is 3. The maximum Gasteiger partial charge on any atom is 0.251 e. The Morgan fingerprint density at radius 1 is 1.00 bits per heavy atom. The lowest BCUT2D eigenvalue weighted by Crippen LogP contribution is -2.26. The van der Waals surface area contributed by atoms with Crippen LogP contribution >= 0.6 is 24.0 Å². The van der Waals surface area contributed by atoms with Crippen LogP contribution in [0.15, 0.2) is 78.9 Å². The smallest absolute Gasteiger partial charge is 0.251 e. The molecule has 0 aromatic heterocycles. The van der Waals surface area contributed by atoms with Gasteiger partial charge in [0.05, 0.1) is 6.04 Å². The van der Waals surface area contributed by atoms with Crippen molar-refractivity contribution in [2.75, 3.05) is 0 Å². The van der Waals surface area contributed by atoms with Gasteiger partial charge in [0, 0.05) is 16.1 Å². The van der Waals surface area contributed by atoms with Crippen molar-refractivity contribution in [1.82, 2.24) is 5.32 Å². The molecule has 0 aliphatic heterocycles. The van der Waals surface area contributed by atoms with E-state index in [2.05, 4.69) is 5.32 Å². The Kier molecular flexibility index (Phi) is 7.71. The average molecular weight is 402 g/mol. The number of carbonyl (C=O) groups is 1. The first-order valence-corrected chi connectivity index (χ1v) is 8.83. The lowest BCUT2D eigenvalue weighted by Gasteiger charge is -2.15. The third-order valence-electron chi connectivity index (χ3n) is 4.10. The molecule has 140 valence electrons. The molecule has 3 nitrogen and oxygen atoms in total. The molecule has 0 aliphatic carbocycles. The minimum atomic E-state index is -0.135. The highest BCUT2D eigenvalue weighted by atomic mass is 35.5. The van der Waals surface area contributed by atoms with Crippen LogP contribution in [-0.2, 0) is 6.61 Å². The zero-order valence-electron chi connectivity index (χ0n) is 14.9. The Balaban J connectivity index is 0.00000261. The second kappa shape index (κ2) is 10.0. The van der Waals surface area contributed by atoms with E-state index in [9.17, 15) is 4.79 Å². The molecule has 0 saturated carbocycles. The third kappa shape index (κ3) is 5.75. The van der Waals surface area contributed by atoms with Crippen molar-refractivity contribution < 1.29 is 9.53 Å². The van der Waals surface area contributed by atoms with Crippen molar-refractivity contribution in [2.45, 2.75) is 19.6 Å². The van der Waals surface area contributed by atoms with E-state index < -0.39 is 0 Å². The topological polar surface area (TPSA) is 38.3 Å². The van der Waals surface area contributed by atoms with Crippen LogP contribution < -0.4 is 10.1 Å². The Morgan fingerprint density at radius 3 is 2.44 bits per heavy atom. The number of hydrogen-bond acceptors (Lipinski definition) is 2. The van der Waals surface area contributed by atoms with Gasteiger partial charge in [0.25, 0.3) is 5.91 Å². The van der Waals surface area contributed by atoms with Gasteiger partial charge in [0.15, 0.2) is 0 Å². The largest absolute Gasteiger partial charge is 0.489 e. The van der Waals surface area contributed by atoms with E-state index in [1.165, 1.54) is 0 Å². The van der Waals surface area contributed by atoms with E-state index in [4.69, 9.17) is 16.3 Å². The van der Waals surface area contributed by atoms with Gasteiger partial charge in [-0.3, -0.25) is 4.79 Å². The van der Waals surface area contributed by atoms with Gasteiger partial charge in [-0.25, -0.2) is 0 Å². The van der Waals surface area contributed by atoms with E-state index in [0.29, 0.717) is 22.9 Å². The molecule has 1 N–H and O–H groups in total. The quantitative estimate of drug-likeness (QED) is 0.563. The summed E-state index contributed by atoms with van der Waals surface area (Å²) in [4.78, 5) is 12.5. The molecule has 0 fully saturated rings. The van der Waals surface area contributed by atoms with Crippen molar-refractivity contribution in [1.29, 1.82) is 0 Å². The number of halogens is 2. The molecule has 3 aromatic carbocycles. The lowest BCUT2D eigenvalue weighted by molar-refractivity contribution is 0.0939. The molecular formula is C22H21Cl2NO2. The Hall–Kier alpha value is -2.49. The Bertz CT molecular complexity index is 884. The van der Waals surface area contributed by atoms with Crippen LogP contribution in [0.1, 0.15) is 34.5 Å². The van der Waals surface area contributed by atoms with Gasteiger partial charge in [-0.1, -0.05) is 66.2 Å². The molecule has 3 rings (SSSR count). The summed E-state index contributed by atoms with van der Waals surface area (Å²) in [6.45, 7) is 2.32. The van der Waals surface area contributed by atoms with Gasteiger partial charge in [0.1, 0.15) is 12.4 Å². The van der Waals surface area contributed by atoms with Crippen molar-refractivity contribution in [3.8, 4) is 5.75 Å². The van der Waals surface area contributed by atoms with E-state index in [0.717, 1.165) is 11.1 Å². The summed E-state index contributed by atoms with van der Waals surface area (Å²) in [5.41, 5.74) is 2.53. The standard InChI is InChI=1S/C22H20ClNO2.ClH/c1-16(17-8-3-2-4-9-17)24-22(25)18-11-7-12-20(14-18)26-15-19-10-5-6-13-21(19)23;/h2-14,16H,15H2,1H3,(H,24,25);1H. The zero-order chi connectivity index (χ0) is 18.4. The molecular weight excluding hydrogens is 381 g/mol. The second-order valence-corrected chi connectivity index (χ2v) is 6.42. The van der Waals surface area contributed by atoms with E-state index in [-0.39, 0.29) is 24.4 Å². The molecule has 1 amide bonds. The highest BCUT2D eigenvalue weighted by Gasteiger charge is 2.12. The van der Waals surface area contributed by atoms with Gasteiger partial charge in [-0.15, -0.1) is 12.4 Å². The van der Waals surface area contributed by atoms with Crippen LogP contribution in [0.2, 0.25) is 5.02 Å². The fraction of sp³-hybridized carbons (Fsp3) is 0.136. The summed E-state index contributed by atoms with van der Waals surface area (Å²) in [5.74, 6) is 0.495. The number of nitrogens with one attached hydrogen (secondary N) is 1. The number of rotatable bonds is 6. The molecule has 1 atom stereocenters. The van der Waals surface area contributed by atoms with Crippen molar-refractivity contribution >= 4 is 29.9 Å². The zero-order valence-corrected chi connectivity index (χ0v) is 16.5. The van der Waals surface area contributed by atoms with Crippen LogP contribution in [0.5, 0.6) is 5.75 Å². The van der Waals surface area contributed by atoms with Gasteiger partial charge in [-0.2, -0.15) is 0 Å². The summed E-state index contributed by atoms with van der Waals surface area (Å²) in [5, 5.41) is 3.67. The first-order valence-electron chi connectivity index (χ1n) is 8.45. The highest BCUT2D eigenvalue weighted by molar-refractivity contribution is 6.31. The fourth-order valence-electron chi connectivity index (χ4n) is 2.61. The number of carbonyl (C=O) groups excluding carboxylic acids is 1. The maximum atomic E-state index is 12.5. The molecule has 0 bridgehead atoms. The minimum absolute atomic E-state index is 0. The van der Waals surface area contributed by atoms with Crippen molar-refractivity contribution in [3.63, 3.8) is 0 Å². The Labute approximate surface area is 170 Å². The normalized spacial score (nSPS) is 11.2. The predicted octanol–water partition coefficient (Wildman–Crippen LogP) is 5.83. The number of ether oxygens (including phenoxy) is 1. The van der Waals surface area contributed by atoms with E-state index >= 15 is 0 Å². The molecule has 0 heterocycles. The second-order valence-electron chi connectivity index (χ2n) is 6.01. The SMILES string of the molecule is CC(NC(=O)c1cccc(OCc2ccccc2Cl)c1)c1ccccc1.Cl. The van der Waals surface area contributed by atoms with Crippen LogP contribution in [-0.4, -0.2) is 5.91 Å². The maximum absolute atomic E-state index is 12.5.